The van der Waals surface area contributed by atoms with Crippen molar-refractivity contribution in [3.8, 4) is 0 Å². The van der Waals surface area contributed by atoms with E-state index >= 15 is 0 Å². The summed E-state index contributed by atoms with van der Waals surface area (Å²) < 4.78 is 5.32. The van der Waals surface area contributed by atoms with E-state index in [4.69, 9.17) is 9.51 Å². The number of rotatable bonds is 6. The Bertz CT molecular complexity index is 874. The summed E-state index contributed by atoms with van der Waals surface area (Å²) in [6.45, 7) is 8.36. The SMILES string of the molecule is CCCc1nccc(C2CNNC2C2CCN(C(=O)c3c(C)noc3CC)CC2)n1. The zero-order valence-electron chi connectivity index (χ0n) is 18.1. The maximum absolute atomic E-state index is 13.1. The number of likely N-dealkylation sites (tertiary alicyclic amines) is 1. The van der Waals surface area contributed by atoms with Gasteiger partial charge in [0.1, 0.15) is 17.1 Å². The van der Waals surface area contributed by atoms with E-state index in [-0.39, 0.29) is 5.91 Å². The molecule has 4 heterocycles. The molecule has 0 bridgehead atoms. The minimum absolute atomic E-state index is 0.0538. The Morgan fingerprint density at radius 2 is 2.10 bits per heavy atom. The highest BCUT2D eigenvalue weighted by atomic mass is 16.5. The Morgan fingerprint density at radius 3 is 2.83 bits per heavy atom. The van der Waals surface area contributed by atoms with Gasteiger partial charge in [0.15, 0.2) is 0 Å². The number of hydrogen-bond donors (Lipinski definition) is 2. The van der Waals surface area contributed by atoms with E-state index in [1.54, 1.807) is 0 Å². The van der Waals surface area contributed by atoms with Crippen LogP contribution in [0.4, 0.5) is 0 Å². The van der Waals surface area contributed by atoms with Crippen LogP contribution in [0.2, 0.25) is 0 Å². The molecule has 0 aliphatic carbocycles. The number of carbonyl (C=O) groups is 1. The lowest BCUT2D eigenvalue weighted by molar-refractivity contribution is 0.0667. The van der Waals surface area contributed by atoms with Crippen LogP contribution in [-0.4, -0.2) is 51.6 Å². The van der Waals surface area contributed by atoms with Crippen LogP contribution in [0.15, 0.2) is 16.8 Å². The van der Waals surface area contributed by atoms with Crippen molar-refractivity contribution in [3.63, 3.8) is 0 Å². The monoisotopic (exact) mass is 412 g/mol. The lowest BCUT2D eigenvalue weighted by atomic mass is 9.81. The van der Waals surface area contributed by atoms with E-state index in [0.717, 1.165) is 56.8 Å². The topological polar surface area (TPSA) is 96.2 Å². The second kappa shape index (κ2) is 9.22. The lowest BCUT2D eigenvalue weighted by Crippen LogP contribution is -2.46. The van der Waals surface area contributed by atoms with Crippen molar-refractivity contribution >= 4 is 5.91 Å². The van der Waals surface area contributed by atoms with Gasteiger partial charge in [0, 0.05) is 50.6 Å². The molecule has 162 valence electrons. The molecule has 0 spiro atoms. The summed E-state index contributed by atoms with van der Waals surface area (Å²) in [7, 11) is 0. The van der Waals surface area contributed by atoms with Crippen LogP contribution in [0.5, 0.6) is 0 Å². The first-order valence-electron chi connectivity index (χ1n) is 11.2. The van der Waals surface area contributed by atoms with Gasteiger partial charge in [-0.05, 0) is 38.2 Å². The highest BCUT2D eigenvalue weighted by Gasteiger charge is 2.38. The quantitative estimate of drug-likeness (QED) is 0.752. The molecule has 2 saturated heterocycles. The van der Waals surface area contributed by atoms with Crippen molar-refractivity contribution < 1.29 is 9.32 Å². The fourth-order valence-electron chi connectivity index (χ4n) is 4.77. The normalized spacial score (nSPS) is 22.6. The molecule has 1 amide bonds. The first-order valence-corrected chi connectivity index (χ1v) is 11.2. The van der Waals surface area contributed by atoms with Gasteiger partial charge in [0.25, 0.3) is 5.91 Å². The number of nitrogens with one attached hydrogen (secondary N) is 2. The lowest BCUT2D eigenvalue weighted by Gasteiger charge is -2.36. The molecule has 2 N–H and O–H groups in total. The van der Waals surface area contributed by atoms with Crippen LogP contribution < -0.4 is 10.9 Å². The highest BCUT2D eigenvalue weighted by molar-refractivity contribution is 5.96. The third-order valence-electron chi connectivity index (χ3n) is 6.41. The van der Waals surface area contributed by atoms with Crippen LogP contribution in [0.25, 0.3) is 0 Å². The predicted octanol–water partition coefficient (Wildman–Crippen LogP) is 2.40. The summed E-state index contributed by atoms with van der Waals surface area (Å²) in [6, 6.07) is 2.36. The maximum atomic E-state index is 13.1. The average molecular weight is 413 g/mol. The Labute approximate surface area is 177 Å². The van der Waals surface area contributed by atoms with Gasteiger partial charge < -0.3 is 9.42 Å². The summed E-state index contributed by atoms with van der Waals surface area (Å²) in [5, 5.41) is 3.99. The van der Waals surface area contributed by atoms with Gasteiger partial charge in [0.2, 0.25) is 0 Å². The minimum Gasteiger partial charge on any atom is -0.360 e. The molecule has 2 aliphatic heterocycles. The molecule has 2 atom stereocenters. The Kier molecular flexibility index (Phi) is 6.43. The number of piperidine rings is 1. The van der Waals surface area contributed by atoms with Gasteiger partial charge in [0.05, 0.1) is 11.4 Å². The molecule has 0 saturated carbocycles. The van der Waals surface area contributed by atoms with E-state index in [1.807, 2.05) is 31.0 Å². The minimum atomic E-state index is 0.0538. The molecule has 0 radical (unpaired) electrons. The van der Waals surface area contributed by atoms with Gasteiger partial charge in [-0.2, -0.15) is 0 Å². The van der Waals surface area contributed by atoms with E-state index in [0.29, 0.717) is 41.3 Å². The molecule has 8 heteroatoms. The Balaban J connectivity index is 1.41. The van der Waals surface area contributed by atoms with Crippen molar-refractivity contribution in [1.29, 1.82) is 0 Å². The molecule has 2 aliphatic rings. The molecule has 2 aromatic rings. The van der Waals surface area contributed by atoms with Gasteiger partial charge in [-0.3, -0.25) is 15.6 Å². The number of aromatic nitrogens is 3. The summed E-state index contributed by atoms with van der Waals surface area (Å²) in [4.78, 5) is 24.2. The highest BCUT2D eigenvalue weighted by Crippen LogP contribution is 2.32. The van der Waals surface area contributed by atoms with Crippen molar-refractivity contribution in [1.82, 2.24) is 30.9 Å². The molecule has 0 aromatic carbocycles. The Hall–Kier alpha value is -2.32. The first-order chi connectivity index (χ1) is 14.6. The summed E-state index contributed by atoms with van der Waals surface area (Å²) in [6.07, 6.45) is 6.47. The second-order valence-electron chi connectivity index (χ2n) is 8.35. The van der Waals surface area contributed by atoms with E-state index < -0.39 is 0 Å². The van der Waals surface area contributed by atoms with Crippen LogP contribution in [0.1, 0.15) is 72.4 Å². The van der Waals surface area contributed by atoms with Crippen molar-refractivity contribution in [2.75, 3.05) is 19.6 Å². The van der Waals surface area contributed by atoms with E-state index in [1.165, 1.54) is 0 Å². The molecule has 2 unspecified atom stereocenters. The number of aryl methyl sites for hydroxylation is 3. The van der Waals surface area contributed by atoms with E-state index in [9.17, 15) is 4.79 Å². The second-order valence-corrected chi connectivity index (χ2v) is 8.35. The molecule has 30 heavy (non-hydrogen) atoms. The summed E-state index contributed by atoms with van der Waals surface area (Å²) in [5.41, 5.74) is 9.28. The third-order valence-corrected chi connectivity index (χ3v) is 6.41. The number of amides is 1. The van der Waals surface area contributed by atoms with Gasteiger partial charge >= 0.3 is 0 Å². The van der Waals surface area contributed by atoms with Crippen molar-refractivity contribution in [2.24, 2.45) is 5.92 Å². The van der Waals surface area contributed by atoms with Crippen LogP contribution in [0, 0.1) is 12.8 Å². The third kappa shape index (κ3) is 4.11. The molecule has 4 rings (SSSR count). The number of hydrazine groups is 1. The molecule has 2 aromatic heterocycles. The molecular formula is C22H32N6O2. The van der Waals surface area contributed by atoms with Crippen LogP contribution in [0.3, 0.4) is 0 Å². The standard InChI is InChI=1S/C22H32N6O2/c1-4-6-19-23-10-7-17(25-19)16-13-24-26-21(16)15-8-11-28(12-9-15)22(29)20-14(3)27-30-18(20)5-2/h7,10,15-16,21,24,26H,4-6,8-9,11-13H2,1-3H3. The smallest absolute Gasteiger partial charge is 0.259 e. The van der Waals surface area contributed by atoms with Gasteiger partial charge in [-0.25, -0.2) is 9.97 Å². The van der Waals surface area contributed by atoms with Gasteiger partial charge in [-0.15, -0.1) is 0 Å². The molecule has 2 fully saturated rings. The number of hydrogen-bond acceptors (Lipinski definition) is 7. The largest absolute Gasteiger partial charge is 0.360 e. The zero-order valence-corrected chi connectivity index (χ0v) is 18.1. The average Bonchev–Trinajstić information content (AvgIpc) is 3.40. The summed E-state index contributed by atoms with van der Waals surface area (Å²) in [5.74, 6) is 2.48. The van der Waals surface area contributed by atoms with Crippen molar-refractivity contribution in [3.05, 3.63) is 40.8 Å². The first kappa shape index (κ1) is 20.9. The van der Waals surface area contributed by atoms with Gasteiger partial charge in [-0.1, -0.05) is 19.0 Å². The molecular weight excluding hydrogens is 380 g/mol. The summed E-state index contributed by atoms with van der Waals surface area (Å²) >= 11 is 0. The predicted molar refractivity (Wildman–Crippen MR) is 113 cm³/mol. The fraction of sp³-hybridized carbons (Fsp3) is 0.636. The van der Waals surface area contributed by atoms with E-state index in [2.05, 4.69) is 27.9 Å². The van der Waals surface area contributed by atoms with Crippen molar-refractivity contribution in [2.45, 2.75) is 64.8 Å². The zero-order chi connectivity index (χ0) is 21.1. The maximum Gasteiger partial charge on any atom is 0.259 e. The molecule has 8 nitrogen and oxygen atoms in total. The van der Waals surface area contributed by atoms with Crippen LogP contribution in [-0.2, 0) is 12.8 Å². The fourth-order valence-corrected chi connectivity index (χ4v) is 4.77. The van der Waals surface area contributed by atoms with Crippen LogP contribution >= 0.6 is 0 Å². The number of nitrogens with zero attached hydrogens (tertiary/aromatic N) is 4. The Morgan fingerprint density at radius 1 is 1.30 bits per heavy atom. The number of carbonyl (C=O) groups excluding carboxylic acids is 1.